The monoisotopic (exact) mass is 288 g/mol. The van der Waals surface area contributed by atoms with Crippen LogP contribution in [-0.2, 0) is 0 Å². The molecule has 1 aromatic rings. The second-order valence-corrected chi connectivity index (χ2v) is 5.37. The van der Waals surface area contributed by atoms with Crippen LogP contribution in [0.2, 0.25) is 10.0 Å². The third-order valence-electron chi connectivity index (χ3n) is 3.50. The zero-order valence-electron chi connectivity index (χ0n) is 10.4. The Labute approximate surface area is 118 Å². The number of hydrogen-bond donors (Lipinski definition) is 2. The zero-order chi connectivity index (χ0) is 13.1. The van der Waals surface area contributed by atoms with Gasteiger partial charge in [0.25, 0.3) is 0 Å². The Bertz CT molecular complexity index is 426. The third-order valence-corrected chi connectivity index (χ3v) is 4.32. The van der Waals surface area contributed by atoms with Crippen LogP contribution in [0.5, 0.6) is 5.75 Å². The van der Waals surface area contributed by atoms with Gasteiger partial charge >= 0.3 is 0 Å². The number of nitrogens with one attached hydrogen (secondary N) is 1. The summed E-state index contributed by atoms with van der Waals surface area (Å²) in [5, 5.41) is 4.59. The summed E-state index contributed by atoms with van der Waals surface area (Å²) < 4.78 is 5.41. The molecular formula is C13H18Cl2N2O. The molecule has 0 aliphatic carbocycles. The topological polar surface area (TPSA) is 47.3 Å². The lowest BCUT2D eigenvalue weighted by Crippen LogP contribution is -2.42. The molecule has 100 valence electrons. The maximum absolute atomic E-state index is 6.34. The Hall–Kier alpha value is -0.480. The molecule has 3 nitrogen and oxygen atoms in total. The van der Waals surface area contributed by atoms with Crippen molar-refractivity contribution < 1.29 is 4.74 Å². The largest absolute Gasteiger partial charge is 0.496 e. The lowest BCUT2D eigenvalue weighted by Gasteiger charge is -2.31. The van der Waals surface area contributed by atoms with Gasteiger partial charge in [0.2, 0.25) is 0 Å². The summed E-state index contributed by atoms with van der Waals surface area (Å²) >= 11 is 12.4. The van der Waals surface area contributed by atoms with Gasteiger partial charge < -0.3 is 15.8 Å². The van der Waals surface area contributed by atoms with E-state index in [1.165, 1.54) is 0 Å². The van der Waals surface area contributed by atoms with E-state index in [-0.39, 0.29) is 0 Å². The molecule has 3 N–H and O–H groups in total. The standard InChI is InChI=1S/C13H18Cl2N2O/c1-18-11-3-2-10(14)13(15)12(11)8-4-5-17-9(6-8)7-16/h2-3,8-9,17H,4-7,16H2,1H3. The van der Waals surface area contributed by atoms with Gasteiger partial charge in [-0.1, -0.05) is 23.2 Å². The molecule has 0 spiro atoms. The molecule has 5 heteroatoms. The molecule has 1 fully saturated rings. The molecule has 1 aromatic carbocycles. The summed E-state index contributed by atoms with van der Waals surface area (Å²) in [6.45, 7) is 1.58. The minimum Gasteiger partial charge on any atom is -0.496 e. The van der Waals surface area contributed by atoms with E-state index in [0.717, 1.165) is 30.7 Å². The van der Waals surface area contributed by atoms with Crippen molar-refractivity contribution >= 4 is 23.2 Å². The van der Waals surface area contributed by atoms with Crippen molar-refractivity contribution in [1.29, 1.82) is 0 Å². The highest BCUT2D eigenvalue weighted by molar-refractivity contribution is 6.42. The van der Waals surface area contributed by atoms with Crippen LogP contribution in [0.1, 0.15) is 24.3 Å². The molecule has 0 bridgehead atoms. The predicted molar refractivity (Wildman–Crippen MR) is 75.8 cm³/mol. The molecule has 0 radical (unpaired) electrons. The summed E-state index contributed by atoms with van der Waals surface area (Å²) in [5.41, 5.74) is 6.75. The highest BCUT2D eigenvalue weighted by Gasteiger charge is 2.27. The molecule has 2 atom stereocenters. The summed E-state index contributed by atoms with van der Waals surface area (Å²) in [4.78, 5) is 0. The Balaban J connectivity index is 2.34. The van der Waals surface area contributed by atoms with Gasteiger partial charge in [0.05, 0.1) is 17.2 Å². The lowest BCUT2D eigenvalue weighted by molar-refractivity contribution is 0.351. The van der Waals surface area contributed by atoms with Crippen molar-refractivity contribution in [2.24, 2.45) is 5.73 Å². The maximum Gasteiger partial charge on any atom is 0.123 e. The fourth-order valence-electron chi connectivity index (χ4n) is 2.56. The van der Waals surface area contributed by atoms with Crippen molar-refractivity contribution in [3.63, 3.8) is 0 Å². The number of ether oxygens (including phenoxy) is 1. The summed E-state index contributed by atoms with van der Waals surface area (Å²) in [5.74, 6) is 1.16. The first-order valence-corrected chi connectivity index (χ1v) is 6.88. The van der Waals surface area contributed by atoms with Crippen LogP contribution in [0.3, 0.4) is 0 Å². The molecule has 0 amide bonds. The Morgan fingerprint density at radius 2 is 2.22 bits per heavy atom. The van der Waals surface area contributed by atoms with Crippen LogP contribution in [0.4, 0.5) is 0 Å². The normalized spacial score (nSPS) is 24.0. The van der Waals surface area contributed by atoms with Gasteiger partial charge in [-0.2, -0.15) is 0 Å². The molecule has 1 aliphatic heterocycles. The van der Waals surface area contributed by atoms with Gasteiger partial charge in [-0.25, -0.2) is 0 Å². The number of nitrogens with two attached hydrogens (primary N) is 1. The Morgan fingerprint density at radius 1 is 1.44 bits per heavy atom. The Morgan fingerprint density at radius 3 is 2.89 bits per heavy atom. The second-order valence-electron chi connectivity index (χ2n) is 4.59. The molecule has 1 heterocycles. The van der Waals surface area contributed by atoms with Crippen LogP contribution in [-0.4, -0.2) is 26.2 Å². The minimum atomic E-state index is 0.337. The first-order chi connectivity index (χ1) is 8.67. The molecule has 2 unspecified atom stereocenters. The van der Waals surface area contributed by atoms with Gasteiger partial charge in [-0.15, -0.1) is 0 Å². The smallest absolute Gasteiger partial charge is 0.123 e. The lowest BCUT2D eigenvalue weighted by atomic mass is 9.86. The molecule has 2 rings (SSSR count). The predicted octanol–water partition coefficient (Wildman–Crippen LogP) is 2.80. The van der Waals surface area contributed by atoms with Crippen molar-refractivity contribution in [3.05, 3.63) is 27.7 Å². The highest BCUT2D eigenvalue weighted by atomic mass is 35.5. The maximum atomic E-state index is 6.34. The van der Waals surface area contributed by atoms with Crippen molar-refractivity contribution in [3.8, 4) is 5.75 Å². The van der Waals surface area contributed by atoms with E-state index in [1.807, 2.05) is 6.07 Å². The van der Waals surface area contributed by atoms with Crippen molar-refractivity contribution in [2.75, 3.05) is 20.2 Å². The number of halogens is 2. The van der Waals surface area contributed by atoms with Gasteiger partial charge in [0.1, 0.15) is 5.75 Å². The van der Waals surface area contributed by atoms with Gasteiger partial charge in [-0.3, -0.25) is 0 Å². The van der Waals surface area contributed by atoms with E-state index in [1.54, 1.807) is 13.2 Å². The number of hydrogen-bond acceptors (Lipinski definition) is 3. The van der Waals surface area contributed by atoms with Crippen LogP contribution in [0, 0.1) is 0 Å². The second kappa shape index (κ2) is 6.11. The van der Waals surface area contributed by atoms with E-state index in [4.69, 9.17) is 33.7 Å². The first-order valence-electron chi connectivity index (χ1n) is 6.12. The van der Waals surface area contributed by atoms with Crippen LogP contribution >= 0.6 is 23.2 Å². The first kappa shape index (κ1) is 13.9. The molecule has 1 saturated heterocycles. The highest BCUT2D eigenvalue weighted by Crippen LogP contribution is 2.41. The summed E-state index contributed by atoms with van der Waals surface area (Å²) in [7, 11) is 1.66. The molecule has 0 aromatic heterocycles. The van der Waals surface area contributed by atoms with E-state index in [0.29, 0.717) is 28.5 Å². The number of rotatable bonds is 3. The van der Waals surface area contributed by atoms with Crippen LogP contribution < -0.4 is 15.8 Å². The van der Waals surface area contributed by atoms with E-state index >= 15 is 0 Å². The molecule has 1 aliphatic rings. The number of piperidine rings is 1. The minimum absolute atomic E-state index is 0.337. The quantitative estimate of drug-likeness (QED) is 0.899. The molecule has 0 saturated carbocycles. The van der Waals surface area contributed by atoms with Gasteiger partial charge in [-0.05, 0) is 37.4 Å². The molecular weight excluding hydrogens is 271 g/mol. The fourth-order valence-corrected chi connectivity index (χ4v) is 3.03. The fraction of sp³-hybridized carbons (Fsp3) is 0.538. The Kier molecular flexibility index (Phi) is 4.73. The van der Waals surface area contributed by atoms with E-state index in [2.05, 4.69) is 5.32 Å². The zero-order valence-corrected chi connectivity index (χ0v) is 11.9. The number of benzene rings is 1. The number of methoxy groups -OCH3 is 1. The third kappa shape index (κ3) is 2.75. The van der Waals surface area contributed by atoms with Gasteiger partial charge in [0.15, 0.2) is 0 Å². The van der Waals surface area contributed by atoms with Crippen molar-refractivity contribution in [2.45, 2.75) is 24.8 Å². The van der Waals surface area contributed by atoms with Crippen LogP contribution in [0.25, 0.3) is 0 Å². The van der Waals surface area contributed by atoms with Crippen LogP contribution in [0.15, 0.2) is 12.1 Å². The SMILES string of the molecule is COc1ccc(Cl)c(Cl)c1C1CCNC(CN)C1. The summed E-state index contributed by atoms with van der Waals surface area (Å²) in [6.07, 6.45) is 1.99. The van der Waals surface area contributed by atoms with E-state index < -0.39 is 0 Å². The summed E-state index contributed by atoms with van der Waals surface area (Å²) in [6, 6.07) is 3.99. The van der Waals surface area contributed by atoms with E-state index in [9.17, 15) is 0 Å². The average Bonchev–Trinajstić information content (AvgIpc) is 2.41. The molecule has 18 heavy (non-hydrogen) atoms. The average molecular weight is 289 g/mol. The van der Waals surface area contributed by atoms with Crippen molar-refractivity contribution in [1.82, 2.24) is 5.32 Å². The van der Waals surface area contributed by atoms with Gasteiger partial charge in [0, 0.05) is 18.2 Å².